The van der Waals surface area contributed by atoms with Gasteiger partial charge in [0.15, 0.2) is 0 Å². The second-order valence-electron chi connectivity index (χ2n) is 5.52. The molecule has 0 aliphatic heterocycles. The largest absolute Gasteiger partial charge is 0.316 e. The summed E-state index contributed by atoms with van der Waals surface area (Å²) in [6.45, 7) is 4.67. The van der Waals surface area contributed by atoms with E-state index in [0.717, 1.165) is 0 Å². The van der Waals surface area contributed by atoms with E-state index in [1.54, 1.807) is 0 Å². The molecule has 17 heavy (non-hydrogen) atoms. The highest BCUT2D eigenvalue weighted by Gasteiger charge is 2.32. The third kappa shape index (κ3) is 3.82. The zero-order valence-electron chi connectivity index (χ0n) is 11.0. The Morgan fingerprint density at radius 1 is 1.35 bits per heavy atom. The van der Waals surface area contributed by atoms with Gasteiger partial charge in [-0.15, -0.1) is 0 Å². The zero-order valence-corrected chi connectivity index (χ0v) is 11.8. The summed E-state index contributed by atoms with van der Waals surface area (Å²) in [5.41, 5.74) is 2.15. The van der Waals surface area contributed by atoms with Crippen molar-refractivity contribution in [3.05, 3.63) is 22.4 Å². The van der Waals surface area contributed by atoms with Crippen LogP contribution in [-0.2, 0) is 6.42 Å². The summed E-state index contributed by atoms with van der Waals surface area (Å²) in [7, 11) is 0. The molecule has 1 fully saturated rings. The molecule has 0 atom stereocenters. The maximum absolute atomic E-state index is 3.65. The molecule has 0 bridgehead atoms. The molecule has 0 radical (unpaired) electrons. The minimum Gasteiger partial charge on any atom is -0.316 e. The molecule has 0 amide bonds. The van der Waals surface area contributed by atoms with Crippen molar-refractivity contribution in [2.24, 2.45) is 5.41 Å². The van der Waals surface area contributed by atoms with E-state index in [1.165, 1.54) is 63.6 Å². The molecule has 1 heterocycles. The summed E-state index contributed by atoms with van der Waals surface area (Å²) in [6.07, 6.45) is 9.66. The molecule has 2 rings (SSSR count). The van der Waals surface area contributed by atoms with Gasteiger partial charge in [-0.05, 0) is 66.5 Å². The summed E-state index contributed by atoms with van der Waals surface area (Å²) in [6, 6.07) is 2.28. The average molecular weight is 251 g/mol. The van der Waals surface area contributed by atoms with Gasteiger partial charge in [-0.2, -0.15) is 11.3 Å². The minimum atomic E-state index is 0.608. The van der Waals surface area contributed by atoms with Crippen molar-refractivity contribution in [2.75, 3.05) is 13.1 Å². The van der Waals surface area contributed by atoms with Crippen LogP contribution in [0.5, 0.6) is 0 Å². The van der Waals surface area contributed by atoms with Crippen LogP contribution >= 0.6 is 11.3 Å². The second-order valence-corrected chi connectivity index (χ2v) is 6.30. The van der Waals surface area contributed by atoms with Gasteiger partial charge in [0.25, 0.3) is 0 Å². The van der Waals surface area contributed by atoms with Gasteiger partial charge < -0.3 is 5.32 Å². The smallest absolute Gasteiger partial charge is 0.000792 e. The Kier molecular flexibility index (Phi) is 5.05. The highest BCUT2D eigenvalue weighted by molar-refractivity contribution is 7.07. The lowest BCUT2D eigenvalue weighted by Gasteiger charge is -2.29. The lowest BCUT2D eigenvalue weighted by molar-refractivity contribution is 0.258. The van der Waals surface area contributed by atoms with E-state index in [2.05, 4.69) is 29.1 Å². The molecule has 1 aromatic rings. The van der Waals surface area contributed by atoms with E-state index < -0.39 is 0 Å². The molecular formula is C15H25NS. The van der Waals surface area contributed by atoms with Crippen molar-refractivity contribution in [2.45, 2.75) is 51.9 Å². The molecule has 1 aliphatic carbocycles. The lowest BCUT2D eigenvalue weighted by Crippen LogP contribution is -2.33. The first-order valence-electron chi connectivity index (χ1n) is 7.06. The SMILES string of the molecule is CCCNCC1(CCc2ccsc2)CCCC1. The van der Waals surface area contributed by atoms with E-state index in [4.69, 9.17) is 0 Å². The van der Waals surface area contributed by atoms with Crippen molar-refractivity contribution in [1.82, 2.24) is 5.32 Å². The van der Waals surface area contributed by atoms with Gasteiger partial charge in [0.2, 0.25) is 0 Å². The van der Waals surface area contributed by atoms with Crippen LogP contribution in [0.25, 0.3) is 0 Å². The quantitative estimate of drug-likeness (QED) is 0.715. The highest BCUT2D eigenvalue weighted by Crippen LogP contribution is 2.41. The van der Waals surface area contributed by atoms with Crippen LogP contribution in [0.2, 0.25) is 0 Å². The van der Waals surface area contributed by atoms with Gasteiger partial charge in [-0.25, -0.2) is 0 Å². The molecule has 0 spiro atoms. The van der Waals surface area contributed by atoms with E-state index in [9.17, 15) is 0 Å². The number of hydrogen-bond acceptors (Lipinski definition) is 2. The Morgan fingerprint density at radius 3 is 2.82 bits per heavy atom. The van der Waals surface area contributed by atoms with Crippen LogP contribution < -0.4 is 5.32 Å². The van der Waals surface area contributed by atoms with Gasteiger partial charge in [0.05, 0.1) is 0 Å². The van der Waals surface area contributed by atoms with E-state index in [-0.39, 0.29) is 0 Å². The third-order valence-corrected chi connectivity index (χ3v) is 4.85. The van der Waals surface area contributed by atoms with E-state index in [1.807, 2.05) is 11.3 Å². The van der Waals surface area contributed by atoms with Gasteiger partial charge >= 0.3 is 0 Å². The van der Waals surface area contributed by atoms with E-state index in [0.29, 0.717) is 5.41 Å². The van der Waals surface area contributed by atoms with Crippen molar-refractivity contribution >= 4 is 11.3 Å². The first-order chi connectivity index (χ1) is 8.35. The Balaban J connectivity index is 1.83. The van der Waals surface area contributed by atoms with Crippen LogP contribution in [0.4, 0.5) is 0 Å². The number of thiophene rings is 1. The molecule has 1 aliphatic rings. The van der Waals surface area contributed by atoms with Crippen LogP contribution in [0.1, 0.15) is 51.0 Å². The Bertz CT molecular complexity index is 299. The third-order valence-electron chi connectivity index (χ3n) is 4.12. The molecule has 96 valence electrons. The van der Waals surface area contributed by atoms with Crippen molar-refractivity contribution < 1.29 is 0 Å². The van der Waals surface area contributed by atoms with Crippen LogP contribution in [-0.4, -0.2) is 13.1 Å². The Hall–Kier alpha value is -0.340. The van der Waals surface area contributed by atoms with Crippen molar-refractivity contribution in [3.63, 3.8) is 0 Å². The van der Waals surface area contributed by atoms with Crippen LogP contribution in [0, 0.1) is 5.41 Å². The van der Waals surface area contributed by atoms with Gasteiger partial charge in [0.1, 0.15) is 0 Å². The fourth-order valence-electron chi connectivity index (χ4n) is 3.01. The van der Waals surface area contributed by atoms with Gasteiger partial charge in [0, 0.05) is 6.54 Å². The molecular weight excluding hydrogens is 226 g/mol. The standard InChI is InChI=1S/C15H25NS/c1-2-10-16-13-15(7-3-4-8-15)9-5-14-6-11-17-12-14/h6,11-12,16H,2-5,7-10,13H2,1H3. The van der Waals surface area contributed by atoms with Crippen molar-refractivity contribution in [3.8, 4) is 0 Å². The summed E-state index contributed by atoms with van der Waals surface area (Å²) >= 11 is 1.83. The highest BCUT2D eigenvalue weighted by atomic mass is 32.1. The number of aryl methyl sites for hydroxylation is 1. The molecule has 1 aromatic heterocycles. The molecule has 0 aromatic carbocycles. The van der Waals surface area contributed by atoms with Gasteiger partial charge in [-0.1, -0.05) is 19.8 Å². The first-order valence-corrected chi connectivity index (χ1v) is 8.01. The van der Waals surface area contributed by atoms with E-state index >= 15 is 0 Å². The van der Waals surface area contributed by atoms with Crippen molar-refractivity contribution in [1.29, 1.82) is 0 Å². The zero-order chi connectivity index (χ0) is 12.0. The molecule has 0 saturated heterocycles. The number of nitrogens with one attached hydrogen (secondary N) is 1. The van der Waals surface area contributed by atoms with Crippen LogP contribution in [0.15, 0.2) is 16.8 Å². The summed E-state index contributed by atoms with van der Waals surface area (Å²) < 4.78 is 0. The van der Waals surface area contributed by atoms with Crippen LogP contribution in [0.3, 0.4) is 0 Å². The molecule has 1 N–H and O–H groups in total. The fourth-order valence-corrected chi connectivity index (χ4v) is 3.72. The fraction of sp³-hybridized carbons (Fsp3) is 0.733. The minimum absolute atomic E-state index is 0.608. The molecule has 0 unspecified atom stereocenters. The topological polar surface area (TPSA) is 12.0 Å². The number of rotatable bonds is 7. The summed E-state index contributed by atoms with van der Waals surface area (Å²) in [4.78, 5) is 0. The lowest BCUT2D eigenvalue weighted by atomic mass is 9.80. The Labute approximate surface area is 110 Å². The molecule has 2 heteroatoms. The number of hydrogen-bond donors (Lipinski definition) is 1. The first kappa shape index (κ1) is 13.1. The maximum Gasteiger partial charge on any atom is 0.000792 e. The molecule has 1 saturated carbocycles. The molecule has 1 nitrogen and oxygen atoms in total. The monoisotopic (exact) mass is 251 g/mol. The average Bonchev–Trinajstić information content (AvgIpc) is 2.99. The predicted molar refractivity (Wildman–Crippen MR) is 76.7 cm³/mol. The second kappa shape index (κ2) is 6.55. The summed E-state index contributed by atoms with van der Waals surface area (Å²) in [5.74, 6) is 0. The Morgan fingerprint density at radius 2 is 2.18 bits per heavy atom. The normalized spacial score (nSPS) is 18.6. The summed E-state index contributed by atoms with van der Waals surface area (Å²) in [5, 5.41) is 8.16. The van der Waals surface area contributed by atoms with Gasteiger partial charge in [-0.3, -0.25) is 0 Å². The predicted octanol–water partition coefficient (Wildman–Crippen LogP) is 4.24. The maximum atomic E-state index is 3.65.